The molecule has 5 nitrogen and oxygen atoms in total. The van der Waals surface area contributed by atoms with Gasteiger partial charge in [0.15, 0.2) is 0 Å². The van der Waals surface area contributed by atoms with Crippen LogP contribution in [-0.2, 0) is 6.54 Å². The van der Waals surface area contributed by atoms with Gasteiger partial charge in [-0.2, -0.15) is 5.10 Å². The van der Waals surface area contributed by atoms with Gasteiger partial charge in [0.25, 0.3) is 5.91 Å². The molecule has 1 aliphatic rings. The molecule has 0 spiro atoms. The molecule has 0 aliphatic heterocycles. The second kappa shape index (κ2) is 7.33. The third kappa shape index (κ3) is 3.70. The number of hydrogen-bond donors (Lipinski definition) is 1. The molecule has 0 bridgehead atoms. The number of halogens is 2. The minimum Gasteiger partial charge on any atom is -0.348 e. The molecule has 138 valence electrons. The van der Waals surface area contributed by atoms with E-state index >= 15 is 0 Å². The molecule has 0 saturated heterocycles. The van der Waals surface area contributed by atoms with Gasteiger partial charge in [0.05, 0.1) is 32.7 Å². The molecule has 2 aromatic heterocycles. The average Bonchev–Trinajstić information content (AvgIpc) is 3.46. The molecule has 7 heteroatoms. The van der Waals surface area contributed by atoms with E-state index in [1.54, 1.807) is 29.2 Å². The van der Waals surface area contributed by atoms with Crippen LogP contribution < -0.4 is 5.32 Å². The predicted octanol–water partition coefficient (Wildman–Crippen LogP) is 4.69. The molecule has 2 heterocycles. The summed E-state index contributed by atoms with van der Waals surface area (Å²) in [6.07, 6.45) is 5.57. The number of benzene rings is 1. The fourth-order valence-corrected chi connectivity index (χ4v) is 3.38. The molecular weight excluding hydrogens is 383 g/mol. The second-order valence-electron chi connectivity index (χ2n) is 6.67. The zero-order valence-electron chi connectivity index (χ0n) is 14.7. The Morgan fingerprint density at radius 2 is 2.07 bits per heavy atom. The van der Waals surface area contributed by atoms with E-state index in [-0.39, 0.29) is 5.91 Å². The number of hydrogen-bond acceptors (Lipinski definition) is 3. The number of carbonyl (C=O) groups is 1. The first-order valence-electron chi connectivity index (χ1n) is 8.76. The zero-order valence-corrected chi connectivity index (χ0v) is 16.3. The summed E-state index contributed by atoms with van der Waals surface area (Å²) in [5.41, 5.74) is 4.03. The standard InChI is InChI=1S/C20H18Cl2N4O/c1-12-18(20(27)24-11-13-3-2-8-23-10-13)19(14-4-5-14)25-26(12)15-6-7-16(21)17(22)9-15/h2-3,6-10,14H,4-5,11H2,1H3,(H,24,27). The van der Waals surface area contributed by atoms with Crippen LogP contribution in [0.1, 0.15) is 46.1 Å². The van der Waals surface area contributed by atoms with E-state index in [0.717, 1.165) is 35.5 Å². The second-order valence-corrected chi connectivity index (χ2v) is 7.49. The summed E-state index contributed by atoms with van der Waals surface area (Å²) in [7, 11) is 0. The molecule has 1 fully saturated rings. The predicted molar refractivity (Wildman–Crippen MR) is 106 cm³/mol. The van der Waals surface area contributed by atoms with E-state index in [1.165, 1.54) is 0 Å². The van der Waals surface area contributed by atoms with Gasteiger partial charge in [0.2, 0.25) is 0 Å². The van der Waals surface area contributed by atoms with Crippen LogP contribution in [0.4, 0.5) is 0 Å². The Bertz CT molecular complexity index is 997. The van der Waals surface area contributed by atoms with Gasteiger partial charge >= 0.3 is 0 Å². The first kappa shape index (κ1) is 18.0. The summed E-state index contributed by atoms with van der Waals surface area (Å²) < 4.78 is 1.77. The summed E-state index contributed by atoms with van der Waals surface area (Å²) >= 11 is 12.2. The fourth-order valence-electron chi connectivity index (χ4n) is 3.09. The number of carbonyl (C=O) groups excluding carboxylic acids is 1. The van der Waals surface area contributed by atoms with E-state index in [1.807, 2.05) is 25.1 Å². The van der Waals surface area contributed by atoms with Gasteiger partial charge in [0, 0.05) is 24.9 Å². The topological polar surface area (TPSA) is 59.8 Å². The highest BCUT2D eigenvalue weighted by Crippen LogP contribution is 2.42. The number of nitrogens with zero attached hydrogens (tertiary/aromatic N) is 3. The Morgan fingerprint density at radius 3 is 2.74 bits per heavy atom. The molecular formula is C20H18Cl2N4O. The van der Waals surface area contributed by atoms with Crippen LogP contribution in [-0.4, -0.2) is 20.7 Å². The lowest BCUT2D eigenvalue weighted by molar-refractivity contribution is 0.0949. The molecule has 27 heavy (non-hydrogen) atoms. The number of pyridine rings is 1. The van der Waals surface area contributed by atoms with Crippen molar-refractivity contribution in [3.8, 4) is 5.69 Å². The van der Waals surface area contributed by atoms with Crippen LogP contribution in [0.15, 0.2) is 42.7 Å². The summed E-state index contributed by atoms with van der Waals surface area (Å²) in [4.78, 5) is 17.0. The molecule has 1 N–H and O–H groups in total. The first-order valence-corrected chi connectivity index (χ1v) is 9.52. The van der Waals surface area contributed by atoms with Gasteiger partial charge in [-0.25, -0.2) is 4.68 Å². The van der Waals surface area contributed by atoms with Crippen LogP contribution >= 0.6 is 23.2 Å². The maximum atomic E-state index is 12.9. The largest absolute Gasteiger partial charge is 0.348 e. The van der Waals surface area contributed by atoms with Gasteiger partial charge < -0.3 is 5.32 Å². The highest BCUT2D eigenvalue weighted by Gasteiger charge is 2.33. The van der Waals surface area contributed by atoms with Crippen molar-refractivity contribution in [2.24, 2.45) is 0 Å². The third-order valence-corrected chi connectivity index (χ3v) is 5.40. The maximum Gasteiger partial charge on any atom is 0.255 e. The number of rotatable bonds is 5. The Hall–Kier alpha value is -2.37. The third-order valence-electron chi connectivity index (χ3n) is 4.66. The van der Waals surface area contributed by atoms with Crippen LogP contribution in [0.5, 0.6) is 0 Å². The highest BCUT2D eigenvalue weighted by molar-refractivity contribution is 6.42. The SMILES string of the molecule is Cc1c(C(=O)NCc2cccnc2)c(C2CC2)nn1-c1ccc(Cl)c(Cl)c1. The van der Waals surface area contributed by atoms with Crippen LogP contribution in [0.2, 0.25) is 10.0 Å². The quantitative estimate of drug-likeness (QED) is 0.675. The number of nitrogens with one attached hydrogen (secondary N) is 1. The van der Waals surface area contributed by atoms with E-state index in [4.69, 9.17) is 28.3 Å². The van der Waals surface area contributed by atoms with Crippen molar-refractivity contribution in [2.45, 2.75) is 32.2 Å². The summed E-state index contributed by atoms with van der Waals surface area (Å²) in [5.74, 6) is 0.219. The average molecular weight is 401 g/mol. The van der Waals surface area contributed by atoms with Crippen molar-refractivity contribution in [3.05, 3.63) is 75.3 Å². The van der Waals surface area contributed by atoms with Gasteiger partial charge in [-0.15, -0.1) is 0 Å². The summed E-state index contributed by atoms with van der Waals surface area (Å²) in [6, 6.07) is 9.13. The Kier molecular flexibility index (Phi) is 4.89. The minimum absolute atomic E-state index is 0.121. The highest BCUT2D eigenvalue weighted by atomic mass is 35.5. The van der Waals surface area contributed by atoms with Gasteiger partial charge in [-0.05, 0) is 49.6 Å². The van der Waals surface area contributed by atoms with Crippen molar-refractivity contribution in [3.63, 3.8) is 0 Å². The summed E-state index contributed by atoms with van der Waals surface area (Å²) in [6.45, 7) is 2.33. The monoisotopic (exact) mass is 400 g/mol. The van der Waals surface area contributed by atoms with E-state index in [9.17, 15) is 4.79 Å². The number of aromatic nitrogens is 3. The molecule has 0 radical (unpaired) electrons. The molecule has 1 aliphatic carbocycles. The molecule has 4 rings (SSSR count). The first-order chi connectivity index (χ1) is 13.0. The molecule has 0 atom stereocenters. The molecule has 1 amide bonds. The molecule has 1 aromatic carbocycles. The lowest BCUT2D eigenvalue weighted by Crippen LogP contribution is -2.24. The van der Waals surface area contributed by atoms with Gasteiger partial charge in [-0.3, -0.25) is 9.78 Å². The van der Waals surface area contributed by atoms with E-state index in [2.05, 4.69) is 10.3 Å². The molecule has 0 unspecified atom stereocenters. The Morgan fingerprint density at radius 1 is 1.26 bits per heavy atom. The smallest absolute Gasteiger partial charge is 0.255 e. The Labute approximate surface area is 167 Å². The van der Waals surface area contributed by atoms with Crippen molar-refractivity contribution in [1.29, 1.82) is 0 Å². The molecule has 1 saturated carbocycles. The van der Waals surface area contributed by atoms with Crippen molar-refractivity contribution >= 4 is 29.1 Å². The molecule has 3 aromatic rings. The number of amides is 1. The normalized spacial score (nSPS) is 13.6. The zero-order chi connectivity index (χ0) is 19.0. The fraction of sp³-hybridized carbons (Fsp3) is 0.250. The summed E-state index contributed by atoms with van der Waals surface area (Å²) in [5, 5.41) is 8.66. The van der Waals surface area contributed by atoms with Crippen molar-refractivity contribution < 1.29 is 4.79 Å². The van der Waals surface area contributed by atoms with Crippen LogP contribution in [0, 0.1) is 6.92 Å². The van der Waals surface area contributed by atoms with Crippen molar-refractivity contribution in [2.75, 3.05) is 0 Å². The van der Waals surface area contributed by atoms with E-state index < -0.39 is 0 Å². The lowest BCUT2D eigenvalue weighted by atomic mass is 10.1. The minimum atomic E-state index is -0.121. The van der Waals surface area contributed by atoms with Crippen LogP contribution in [0.25, 0.3) is 5.69 Å². The van der Waals surface area contributed by atoms with Crippen molar-refractivity contribution in [1.82, 2.24) is 20.1 Å². The van der Waals surface area contributed by atoms with Crippen LogP contribution in [0.3, 0.4) is 0 Å². The van der Waals surface area contributed by atoms with E-state index in [0.29, 0.717) is 28.1 Å². The Balaban J connectivity index is 1.66. The van der Waals surface area contributed by atoms with Gasteiger partial charge in [-0.1, -0.05) is 29.3 Å². The lowest BCUT2D eigenvalue weighted by Gasteiger charge is -2.08. The van der Waals surface area contributed by atoms with Gasteiger partial charge in [0.1, 0.15) is 0 Å². The maximum absolute atomic E-state index is 12.9.